The van der Waals surface area contributed by atoms with Gasteiger partial charge in [0, 0.05) is 17.7 Å². The molecule has 0 aliphatic heterocycles. The number of rotatable bonds is 4. The second kappa shape index (κ2) is 7.61. The average Bonchev–Trinajstić information content (AvgIpc) is 2.59. The fourth-order valence-corrected chi connectivity index (χ4v) is 2.75. The summed E-state index contributed by atoms with van der Waals surface area (Å²) in [5.74, 6) is -0.775. The average molecular weight is 378 g/mol. The van der Waals surface area contributed by atoms with Crippen LogP contribution >= 0.6 is 0 Å². The zero-order valence-corrected chi connectivity index (χ0v) is 14.2. The summed E-state index contributed by atoms with van der Waals surface area (Å²) in [4.78, 5) is 33.3. The highest BCUT2D eigenvalue weighted by Gasteiger charge is 2.18. The second-order valence-electron chi connectivity index (χ2n) is 5.13. The van der Waals surface area contributed by atoms with Gasteiger partial charge in [-0.3, -0.25) is 20.3 Å². The van der Waals surface area contributed by atoms with E-state index in [1.807, 2.05) is 10.9 Å². The largest absolute Gasteiger partial charge is 0.347 e. The number of amides is 3. The number of nitrogens with zero attached hydrogens (tertiary/aromatic N) is 1. The molecule has 0 radical (unpaired) electrons. The zero-order valence-electron chi connectivity index (χ0n) is 13.4. The number of benzene rings is 2. The lowest BCUT2D eigenvalue weighted by Crippen LogP contribution is -2.48. The van der Waals surface area contributed by atoms with Crippen molar-refractivity contribution in [2.75, 3.05) is 0 Å². The lowest BCUT2D eigenvalue weighted by Gasteiger charge is -2.10. The second-order valence-corrected chi connectivity index (χ2v) is 6.81. The number of hydrazine groups is 1. The first-order valence-electron chi connectivity index (χ1n) is 7.13. The van der Waals surface area contributed by atoms with E-state index in [0.29, 0.717) is 0 Å². The van der Waals surface area contributed by atoms with E-state index in [1.54, 1.807) is 23.8 Å². The first-order valence-corrected chi connectivity index (χ1v) is 8.61. The molecule has 0 saturated carbocycles. The Bertz CT molecular complexity index is 939. The number of carbonyl (C=O) groups is 2. The minimum atomic E-state index is -4.09. The van der Waals surface area contributed by atoms with Crippen LogP contribution in [0, 0.1) is 17.0 Å². The van der Waals surface area contributed by atoms with Crippen molar-refractivity contribution in [2.24, 2.45) is 0 Å². The third-order valence-electron chi connectivity index (χ3n) is 3.19. The molecule has 0 aliphatic carbocycles. The molecule has 0 aromatic heterocycles. The van der Waals surface area contributed by atoms with Crippen molar-refractivity contribution < 1.29 is 22.9 Å². The summed E-state index contributed by atoms with van der Waals surface area (Å²) in [6, 6.07) is 9.27. The van der Waals surface area contributed by atoms with Crippen molar-refractivity contribution in [1.29, 1.82) is 0 Å². The molecular weight excluding hydrogens is 364 g/mol. The lowest BCUT2D eigenvalue weighted by atomic mass is 10.2. The predicted molar refractivity (Wildman–Crippen MR) is 90.6 cm³/mol. The minimum absolute atomic E-state index is 0.0392. The smallest absolute Gasteiger partial charge is 0.267 e. The molecule has 136 valence electrons. The summed E-state index contributed by atoms with van der Waals surface area (Å²) in [6.07, 6.45) is 0. The summed E-state index contributed by atoms with van der Waals surface area (Å²) in [5, 5.41) is 10.5. The van der Waals surface area contributed by atoms with Gasteiger partial charge >= 0.3 is 6.03 Å². The van der Waals surface area contributed by atoms with Crippen LogP contribution in [-0.2, 0) is 10.0 Å². The molecule has 2 aromatic carbocycles. The van der Waals surface area contributed by atoms with Crippen LogP contribution in [0.15, 0.2) is 53.4 Å². The Morgan fingerprint density at radius 3 is 2.08 bits per heavy atom. The van der Waals surface area contributed by atoms with E-state index in [0.717, 1.165) is 17.7 Å². The summed E-state index contributed by atoms with van der Waals surface area (Å²) in [6.45, 7) is 1.78. The molecule has 2 aromatic rings. The van der Waals surface area contributed by atoms with Crippen molar-refractivity contribution in [3.63, 3.8) is 0 Å². The molecule has 0 bridgehead atoms. The molecule has 0 saturated heterocycles. The van der Waals surface area contributed by atoms with Crippen LogP contribution < -0.4 is 15.6 Å². The maximum atomic E-state index is 12.0. The fourth-order valence-electron chi connectivity index (χ4n) is 1.84. The van der Waals surface area contributed by atoms with E-state index < -0.39 is 26.9 Å². The molecule has 0 aliphatic rings. The molecule has 3 amide bonds. The number of nitrogens with one attached hydrogen (secondary N) is 3. The zero-order chi connectivity index (χ0) is 19.3. The van der Waals surface area contributed by atoms with E-state index >= 15 is 0 Å². The number of sulfonamides is 1. The first kappa shape index (κ1) is 18.9. The van der Waals surface area contributed by atoms with Gasteiger partial charge in [-0.1, -0.05) is 17.7 Å². The van der Waals surface area contributed by atoms with Gasteiger partial charge in [0.2, 0.25) is 0 Å². The predicted octanol–water partition coefficient (Wildman–Crippen LogP) is 1.24. The molecule has 0 fully saturated rings. The van der Waals surface area contributed by atoms with Gasteiger partial charge in [0.05, 0.1) is 9.82 Å². The quantitative estimate of drug-likeness (QED) is 0.538. The number of carbonyl (C=O) groups excluding carboxylic acids is 2. The monoisotopic (exact) mass is 378 g/mol. The van der Waals surface area contributed by atoms with E-state index in [4.69, 9.17) is 0 Å². The van der Waals surface area contributed by atoms with Gasteiger partial charge in [-0.25, -0.2) is 23.4 Å². The molecule has 10 nitrogen and oxygen atoms in total. The normalized spacial score (nSPS) is 10.7. The van der Waals surface area contributed by atoms with Gasteiger partial charge in [0.1, 0.15) is 0 Å². The van der Waals surface area contributed by atoms with Gasteiger partial charge in [0.15, 0.2) is 0 Å². The van der Waals surface area contributed by atoms with Gasteiger partial charge in [0.25, 0.3) is 21.6 Å². The van der Waals surface area contributed by atoms with Crippen LogP contribution in [0.5, 0.6) is 0 Å². The van der Waals surface area contributed by atoms with E-state index in [-0.39, 0.29) is 16.1 Å². The molecule has 0 atom stereocenters. The van der Waals surface area contributed by atoms with E-state index in [2.05, 4.69) is 0 Å². The number of urea groups is 1. The Labute approximate surface area is 148 Å². The van der Waals surface area contributed by atoms with Crippen LogP contribution in [-0.4, -0.2) is 25.3 Å². The number of nitro benzene ring substituents is 1. The number of hydrogen-bond acceptors (Lipinski definition) is 6. The van der Waals surface area contributed by atoms with Crippen LogP contribution in [0.2, 0.25) is 0 Å². The Kier molecular flexibility index (Phi) is 5.52. The van der Waals surface area contributed by atoms with Crippen molar-refractivity contribution in [2.45, 2.75) is 11.8 Å². The van der Waals surface area contributed by atoms with Gasteiger partial charge in [-0.2, -0.15) is 0 Å². The summed E-state index contributed by atoms with van der Waals surface area (Å²) < 4.78 is 25.8. The third-order valence-corrected chi connectivity index (χ3v) is 4.54. The Morgan fingerprint density at radius 1 is 0.962 bits per heavy atom. The number of hydrogen-bond donors (Lipinski definition) is 3. The molecular formula is C15H14N4O6S. The highest BCUT2D eigenvalue weighted by atomic mass is 32.2. The number of nitro groups is 1. The van der Waals surface area contributed by atoms with E-state index in [9.17, 15) is 28.1 Å². The van der Waals surface area contributed by atoms with E-state index in [1.165, 1.54) is 24.3 Å². The van der Waals surface area contributed by atoms with Crippen molar-refractivity contribution in [3.05, 3.63) is 69.8 Å². The first-order chi connectivity index (χ1) is 12.2. The van der Waals surface area contributed by atoms with Crippen LogP contribution in [0.4, 0.5) is 10.5 Å². The standard InChI is InChI=1S/C15H14N4O6S/c1-10-2-8-13(9-3-10)26(24,25)18-15(21)17-16-14(20)11-4-6-12(7-5-11)19(22)23/h2-9H,1H3,(H,16,20)(H2,17,18,21). The molecule has 11 heteroatoms. The van der Waals surface area contributed by atoms with Crippen LogP contribution in [0.1, 0.15) is 15.9 Å². The number of non-ortho nitro benzene ring substituents is 1. The molecule has 26 heavy (non-hydrogen) atoms. The Balaban J connectivity index is 1.94. The summed E-state index contributed by atoms with van der Waals surface area (Å²) >= 11 is 0. The summed E-state index contributed by atoms with van der Waals surface area (Å²) in [7, 11) is -4.09. The summed E-state index contributed by atoms with van der Waals surface area (Å²) in [5.41, 5.74) is 4.58. The molecule has 2 rings (SSSR count). The highest BCUT2D eigenvalue weighted by molar-refractivity contribution is 7.90. The Hall–Kier alpha value is -3.47. The maximum absolute atomic E-state index is 12.0. The molecule has 3 N–H and O–H groups in total. The lowest BCUT2D eigenvalue weighted by molar-refractivity contribution is -0.384. The SMILES string of the molecule is Cc1ccc(S(=O)(=O)NC(=O)NNC(=O)c2ccc([N+](=O)[O-])cc2)cc1. The van der Waals surface area contributed by atoms with Crippen molar-refractivity contribution in [3.8, 4) is 0 Å². The maximum Gasteiger partial charge on any atom is 0.347 e. The van der Waals surface area contributed by atoms with Crippen molar-refractivity contribution in [1.82, 2.24) is 15.6 Å². The van der Waals surface area contributed by atoms with Gasteiger partial charge in [-0.05, 0) is 31.2 Å². The van der Waals surface area contributed by atoms with Gasteiger partial charge in [-0.15, -0.1) is 0 Å². The minimum Gasteiger partial charge on any atom is -0.267 e. The topological polar surface area (TPSA) is 148 Å². The van der Waals surface area contributed by atoms with Crippen molar-refractivity contribution >= 4 is 27.6 Å². The van der Waals surface area contributed by atoms with Gasteiger partial charge < -0.3 is 0 Å². The van der Waals surface area contributed by atoms with Crippen LogP contribution in [0.25, 0.3) is 0 Å². The number of aryl methyl sites for hydroxylation is 1. The molecule has 0 spiro atoms. The Morgan fingerprint density at radius 2 is 1.54 bits per heavy atom. The molecule has 0 unspecified atom stereocenters. The molecule has 0 heterocycles. The fraction of sp³-hybridized carbons (Fsp3) is 0.0667. The third kappa shape index (κ3) is 4.77. The van der Waals surface area contributed by atoms with Crippen LogP contribution in [0.3, 0.4) is 0 Å². The highest BCUT2D eigenvalue weighted by Crippen LogP contribution is 2.12.